The van der Waals surface area contributed by atoms with Crippen molar-refractivity contribution in [2.45, 2.75) is 49.8 Å². The van der Waals surface area contributed by atoms with Crippen molar-refractivity contribution in [3.05, 3.63) is 34.9 Å². The summed E-state index contributed by atoms with van der Waals surface area (Å²) in [6.07, 6.45) is 3.97. The molecule has 2 aliphatic rings. The Morgan fingerprint density at radius 2 is 2.00 bits per heavy atom. The summed E-state index contributed by atoms with van der Waals surface area (Å²) in [5.74, 6) is 0.482. The van der Waals surface area contributed by atoms with E-state index in [0.29, 0.717) is 12.0 Å². The van der Waals surface area contributed by atoms with E-state index in [1.54, 1.807) is 0 Å². The summed E-state index contributed by atoms with van der Waals surface area (Å²) < 4.78 is 5.92. The molecule has 19 heavy (non-hydrogen) atoms. The third-order valence-corrected chi connectivity index (χ3v) is 5.65. The lowest BCUT2D eigenvalue weighted by molar-refractivity contribution is -0.0708. The van der Waals surface area contributed by atoms with Crippen LogP contribution in [0.5, 0.6) is 0 Å². The van der Waals surface area contributed by atoms with Gasteiger partial charge in [0, 0.05) is 29.6 Å². The van der Waals surface area contributed by atoms with Crippen molar-refractivity contribution in [1.29, 1.82) is 0 Å². The Morgan fingerprint density at radius 1 is 1.32 bits per heavy atom. The lowest BCUT2D eigenvalue weighted by atomic mass is 9.76. The zero-order valence-corrected chi connectivity index (χ0v) is 12.7. The van der Waals surface area contributed by atoms with Crippen molar-refractivity contribution in [3.8, 4) is 0 Å². The van der Waals surface area contributed by atoms with E-state index in [-0.39, 0.29) is 11.6 Å². The van der Waals surface area contributed by atoms with Crippen molar-refractivity contribution in [2.75, 3.05) is 14.2 Å². The normalized spacial score (nSPS) is 38.6. The molecule has 104 valence electrons. The van der Waals surface area contributed by atoms with Crippen LogP contribution >= 0.6 is 11.6 Å². The van der Waals surface area contributed by atoms with Crippen LogP contribution in [0.1, 0.15) is 37.7 Å². The maximum absolute atomic E-state index is 6.00. The number of hydrogen-bond acceptors (Lipinski definition) is 2. The monoisotopic (exact) mass is 279 g/mol. The molecule has 4 atom stereocenters. The van der Waals surface area contributed by atoms with Crippen molar-refractivity contribution in [3.63, 3.8) is 0 Å². The van der Waals surface area contributed by atoms with Gasteiger partial charge in [-0.1, -0.05) is 23.7 Å². The lowest BCUT2D eigenvalue weighted by Crippen LogP contribution is -2.58. The van der Waals surface area contributed by atoms with Crippen molar-refractivity contribution in [2.24, 2.45) is 0 Å². The topological polar surface area (TPSA) is 12.5 Å². The molecule has 0 aromatic heterocycles. The summed E-state index contributed by atoms with van der Waals surface area (Å²) in [5, 5.41) is 0.805. The van der Waals surface area contributed by atoms with E-state index in [0.717, 1.165) is 5.02 Å². The van der Waals surface area contributed by atoms with E-state index in [1.807, 2.05) is 19.2 Å². The quantitative estimate of drug-likeness (QED) is 0.819. The van der Waals surface area contributed by atoms with E-state index < -0.39 is 0 Å². The van der Waals surface area contributed by atoms with E-state index in [4.69, 9.17) is 16.3 Å². The first kappa shape index (κ1) is 13.4. The third-order valence-electron chi connectivity index (χ3n) is 5.39. The summed E-state index contributed by atoms with van der Waals surface area (Å²) in [4.78, 5) is 2.54. The molecule has 0 aliphatic carbocycles. The molecule has 0 amide bonds. The second-order valence-corrected chi connectivity index (χ2v) is 6.65. The molecular weight excluding hydrogens is 258 g/mol. The van der Waals surface area contributed by atoms with Gasteiger partial charge in [0.1, 0.15) is 0 Å². The smallest absolute Gasteiger partial charge is 0.0821 e. The van der Waals surface area contributed by atoms with Crippen molar-refractivity contribution < 1.29 is 4.74 Å². The molecule has 2 nitrogen and oxygen atoms in total. The van der Waals surface area contributed by atoms with Gasteiger partial charge in [0.15, 0.2) is 0 Å². The number of ether oxygens (including phenoxy) is 1. The average Bonchev–Trinajstić information content (AvgIpc) is 2.60. The standard InChI is InChI=1S/C16H22ClNO/c1-16-9-8-13(18(16)2)10-14(15(16)19-3)11-4-6-12(17)7-5-11/h4-7,13-15H,8-10H2,1-3H3/t13-,14-,15+,16+/m0/s1. The second-order valence-electron chi connectivity index (χ2n) is 6.21. The second kappa shape index (κ2) is 4.76. The molecule has 2 fully saturated rings. The molecular formula is C16H22ClNO. The molecule has 3 rings (SSSR count). The Labute approximate surface area is 120 Å². The highest BCUT2D eigenvalue weighted by molar-refractivity contribution is 6.30. The van der Waals surface area contributed by atoms with Crippen LogP contribution in [0.2, 0.25) is 5.02 Å². The zero-order chi connectivity index (χ0) is 13.6. The summed E-state index contributed by atoms with van der Waals surface area (Å²) in [6, 6.07) is 9.00. The molecule has 1 aromatic carbocycles. The van der Waals surface area contributed by atoms with Gasteiger partial charge >= 0.3 is 0 Å². The van der Waals surface area contributed by atoms with E-state index in [9.17, 15) is 0 Å². The molecule has 2 heterocycles. The number of piperidine rings is 1. The highest BCUT2D eigenvalue weighted by Crippen LogP contribution is 2.49. The minimum Gasteiger partial charge on any atom is -0.379 e. The number of nitrogens with zero attached hydrogens (tertiary/aromatic N) is 1. The maximum atomic E-state index is 6.00. The molecule has 0 spiro atoms. The van der Waals surface area contributed by atoms with Crippen molar-refractivity contribution >= 4 is 11.6 Å². The largest absolute Gasteiger partial charge is 0.379 e. The first-order valence-corrected chi connectivity index (χ1v) is 7.45. The molecule has 2 aliphatic heterocycles. The predicted molar refractivity (Wildman–Crippen MR) is 78.8 cm³/mol. The Hall–Kier alpha value is -0.570. The Balaban J connectivity index is 1.96. The van der Waals surface area contributed by atoms with Gasteiger partial charge in [0.25, 0.3) is 0 Å². The maximum Gasteiger partial charge on any atom is 0.0821 e. The molecule has 3 heteroatoms. The number of likely N-dealkylation sites (N-methyl/N-ethyl adjacent to an activating group) is 1. The highest BCUT2D eigenvalue weighted by Gasteiger charge is 2.54. The van der Waals surface area contributed by atoms with Gasteiger partial charge in [-0.05, 0) is 50.9 Å². The summed E-state index contributed by atoms with van der Waals surface area (Å²) >= 11 is 6.00. The van der Waals surface area contributed by atoms with Crippen LogP contribution in [0.4, 0.5) is 0 Å². The SMILES string of the molecule is CO[C@@H]1[C@H](c2ccc(Cl)cc2)C[C@@H]2CC[C@@]1(C)N2C. The molecule has 1 aromatic rings. The van der Waals surface area contributed by atoms with Gasteiger partial charge in [0.2, 0.25) is 0 Å². The highest BCUT2D eigenvalue weighted by atomic mass is 35.5. The fourth-order valence-electron chi connectivity index (χ4n) is 4.15. The number of hydrogen-bond donors (Lipinski definition) is 0. The van der Waals surface area contributed by atoms with Gasteiger partial charge in [-0.15, -0.1) is 0 Å². The fourth-order valence-corrected chi connectivity index (χ4v) is 4.28. The van der Waals surface area contributed by atoms with E-state index in [2.05, 4.69) is 31.0 Å². The van der Waals surface area contributed by atoms with Crippen LogP contribution in [0.25, 0.3) is 0 Å². The van der Waals surface area contributed by atoms with Crippen LogP contribution in [0.15, 0.2) is 24.3 Å². The number of methoxy groups -OCH3 is 1. The van der Waals surface area contributed by atoms with Crippen LogP contribution < -0.4 is 0 Å². The first-order chi connectivity index (χ1) is 9.06. The summed E-state index contributed by atoms with van der Waals surface area (Å²) in [6.45, 7) is 2.35. The third kappa shape index (κ3) is 2.01. The molecule has 0 N–H and O–H groups in total. The number of halogens is 1. The van der Waals surface area contributed by atoms with Gasteiger partial charge in [-0.25, -0.2) is 0 Å². The fraction of sp³-hybridized carbons (Fsp3) is 0.625. The van der Waals surface area contributed by atoms with Gasteiger partial charge in [-0.2, -0.15) is 0 Å². The average molecular weight is 280 g/mol. The lowest BCUT2D eigenvalue weighted by Gasteiger charge is -2.49. The Morgan fingerprint density at radius 3 is 2.63 bits per heavy atom. The molecule has 2 bridgehead atoms. The Kier molecular flexibility index (Phi) is 3.36. The van der Waals surface area contributed by atoms with Crippen molar-refractivity contribution in [1.82, 2.24) is 4.90 Å². The minimum atomic E-state index is 0.169. The minimum absolute atomic E-state index is 0.169. The summed E-state index contributed by atoms with van der Waals surface area (Å²) in [5.41, 5.74) is 1.53. The molecule has 0 saturated carbocycles. The first-order valence-electron chi connectivity index (χ1n) is 7.07. The zero-order valence-electron chi connectivity index (χ0n) is 11.9. The number of benzene rings is 1. The number of fused-ring (bicyclic) bond motifs is 2. The predicted octanol–water partition coefficient (Wildman–Crippen LogP) is 3.70. The van der Waals surface area contributed by atoms with E-state index in [1.165, 1.54) is 24.8 Å². The molecule has 0 unspecified atom stereocenters. The van der Waals surface area contributed by atoms with Crippen LogP contribution in [-0.2, 0) is 4.74 Å². The van der Waals surface area contributed by atoms with Gasteiger partial charge < -0.3 is 4.74 Å². The van der Waals surface area contributed by atoms with Gasteiger partial charge in [-0.3, -0.25) is 4.90 Å². The molecule has 2 saturated heterocycles. The number of rotatable bonds is 2. The van der Waals surface area contributed by atoms with E-state index >= 15 is 0 Å². The summed E-state index contributed by atoms with van der Waals surface area (Å²) in [7, 11) is 4.10. The van der Waals surface area contributed by atoms with Crippen LogP contribution in [0, 0.1) is 0 Å². The molecule has 0 radical (unpaired) electrons. The van der Waals surface area contributed by atoms with Crippen LogP contribution in [0.3, 0.4) is 0 Å². The van der Waals surface area contributed by atoms with Crippen LogP contribution in [-0.4, -0.2) is 36.7 Å². The Bertz CT molecular complexity index is 460. The van der Waals surface area contributed by atoms with Gasteiger partial charge in [0.05, 0.1) is 6.10 Å².